The van der Waals surface area contributed by atoms with Gasteiger partial charge in [-0.1, -0.05) is 6.07 Å². The van der Waals surface area contributed by atoms with Gasteiger partial charge in [0.25, 0.3) is 0 Å². The average Bonchev–Trinajstić information content (AvgIpc) is 2.48. The van der Waals surface area contributed by atoms with Gasteiger partial charge in [-0.25, -0.2) is 8.78 Å². The van der Waals surface area contributed by atoms with E-state index >= 15 is 0 Å². The third-order valence-electron chi connectivity index (χ3n) is 3.87. The zero-order chi connectivity index (χ0) is 15.0. The molecule has 0 amide bonds. The van der Waals surface area contributed by atoms with Crippen molar-refractivity contribution in [1.29, 1.82) is 0 Å². The molecule has 2 nitrogen and oxygen atoms in total. The topological polar surface area (TPSA) is 29.3 Å². The highest BCUT2D eigenvalue weighted by Crippen LogP contribution is 2.33. The summed E-state index contributed by atoms with van der Waals surface area (Å²) in [5.74, 6) is -1.06. The number of hydrogen-bond donors (Lipinski definition) is 1. The van der Waals surface area contributed by atoms with Crippen molar-refractivity contribution < 1.29 is 8.78 Å². The monoisotopic (exact) mass is 352 g/mol. The van der Waals surface area contributed by atoms with Crippen molar-refractivity contribution >= 4 is 27.3 Å². The second-order valence-corrected chi connectivity index (χ2v) is 6.05. The Morgan fingerprint density at radius 3 is 2.81 bits per heavy atom. The summed E-state index contributed by atoms with van der Waals surface area (Å²) >= 11 is 3.11. The predicted octanol–water partition coefficient (Wildman–Crippen LogP) is 4.26. The summed E-state index contributed by atoms with van der Waals surface area (Å²) in [4.78, 5) is 1.99. The number of nitrogens with two attached hydrogens (primary N) is 1. The maximum atomic E-state index is 14.1. The van der Waals surface area contributed by atoms with E-state index in [1.165, 1.54) is 12.1 Å². The molecule has 2 aromatic carbocycles. The first-order valence-electron chi connectivity index (χ1n) is 6.82. The summed E-state index contributed by atoms with van der Waals surface area (Å²) in [5, 5.41) is 0. The molecule has 5 heteroatoms. The standard InChI is InChI=1S/C16H15BrF2N2/c17-12-6-7-13(18)11(16(12)19)9-21-8-2-3-10-14(20)4-1-5-15(10)21/h1,4-7H,2-3,8-9,20H2. The fraction of sp³-hybridized carbons (Fsp3) is 0.250. The fourth-order valence-corrected chi connectivity index (χ4v) is 3.17. The molecule has 0 saturated heterocycles. The zero-order valence-corrected chi connectivity index (χ0v) is 13.0. The molecule has 2 N–H and O–H groups in total. The van der Waals surface area contributed by atoms with Gasteiger partial charge in [0.15, 0.2) is 0 Å². The molecule has 0 bridgehead atoms. The van der Waals surface area contributed by atoms with Gasteiger partial charge in [-0.2, -0.15) is 0 Å². The maximum Gasteiger partial charge on any atom is 0.145 e. The van der Waals surface area contributed by atoms with Crippen molar-refractivity contribution in [3.05, 3.63) is 57.6 Å². The molecule has 0 radical (unpaired) electrons. The van der Waals surface area contributed by atoms with Crippen LogP contribution in [0.3, 0.4) is 0 Å². The third-order valence-corrected chi connectivity index (χ3v) is 4.48. The minimum atomic E-state index is -0.536. The van der Waals surface area contributed by atoms with Gasteiger partial charge < -0.3 is 10.6 Å². The largest absolute Gasteiger partial charge is 0.398 e. The quantitative estimate of drug-likeness (QED) is 0.646. The minimum Gasteiger partial charge on any atom is -0.398 e. The zero-order valence-electron chi connectivity index (χ0n) is 11.4. The first-order valence-corrected chi connectivity index (χ1v) is 7.62. The first kappa shape index (κ1) is 14.3. The van der Waals surface area contributed by atoms with Crippen molar-refractivity contribution in [3.8, 4) is 0 Å². The van der Waals surface area contributed by atoms with Crippen LogP contribution in [0.4, 0.5) is 20.2 Å². The average molecular weight is 353 g/mol. The highest BCUT2D eigenvalue weighted by molar-refractivity contribution is 9.10. The van der Waals surface area contributed by atoms with Crippen LogP contribution in [-0.4, -0.2) is 6.54 Å². The lowest BCUT2D eigenvalue weighted by Crippen LogP contribution is -2.30. The Bertz CT molecular complexity index is 688. The second-order valence-electron chi connectivity index (χ2n) is 5.19. The van der Waals surface area contributed by atoms with E-state index in [-0.39, 0.29) is 16.6 Å². The molecule has 110 valence electrons. The number of fused-ring (bicyclic) bond motifs is 1. The summed E-state index contributed by atoms with van der Waals surface area (Å²) < 4.78 is 28.3. The molecule has 1 heterocycles. The first-order chi connectivity index (χ1) is 10.1. The Balaban J connectivity index is 1.98. The summed E-state index contributed by atoms with van der Waals surface area (Å²) in [7, 11) is 0. The Morgan fingerprint density at radius 1 is 1.19 bits per heavy atom. The Morgan fingerprint density at radius 2 is 2.00 bits per heavy atom. The lowest BCUT2D eigenvalue weighted by atomic mass is 9.99. The highest BCUT2D eigenvalue weighted by atomic mass is 79.9. The number of anilines is 2. The highest BCUT2D eigenvalue weighted by Gasteiger charge is 2.22. The van der Waals surface area contributed by atoms with E-state index in [0.29, 0.717) is 0 Å². The van der Waals surface area contributed by atoms with Gasteiger partial charge in [0.05, 0.1) is 4.47 Å². The fourth-order valence-electron chi connectivity index (χ4n) is 2.80. The van der Waals surface area contributed by atoms with Crippen molar-refractivity contribution in [2.24, 2.45) is 0 Å². The van der Waals surface area contributed by atoms with Gasteiger partial charge in [-0.3, -0.25) is 0 Å². The normalized spacial score (nSPS) is 14.1. The van der Waals surface area contributed by atoms with E-state index in [1.54, 1.807) is 0 Å². The molecule has 0 spiro atoms. The number of nitrogens with zero attached hydrogens (tertiary/aromatic N) is 1. The van der Waals surface area contributed by atoms with Crippen molar-refractivity contribution in [2.45, 2.75) is 19.4 Å². The van der Waals surface area contributed by atoms with Crippen LogP contribution in [0.5, 0.6) is 0 Å². The Kier molecular flexibility index (Phi) is 3.85. The summed E-state index contributed by atoms with van der Waals surface area (Å²) in [6.07, 6.45) is 1.83. The predicted molar refractivity (Wildman–Crippen MR) is 84.3 cm³/mol. The Hall–Kier alpha value is -1.62. The van der Waals surface area contributed by atoms with E-state index in [2.05, 4.69) is 15.9 Å². The lowest BCUT2D eigenvalue weighted by Gasteiger charge is -2.32. The second kappa shape index (κ2) is 5.64. The number of rotatable bonds is 2. The van der Waals surface area contributed by atoms with Crippen LogP contribution in [0.25, 0.3) is 0 Å². The molecule has 3 rings (SSSR count). The molecule has 1 aliphatic heterocycles. The Labute approximate surface area is 130 Å². The van der Waals surface area contributed by atoms with E-state index in [1.807, 2.05) is 23.1 Å². The smallest absolute Gasteiger partial charge is 0.145 e. The van der Waals surface area contributed by atoms with Gasteiger partial charge in [-0.15, -0.1) is 0 Å². The number of benzene rings is 2. The third kappa shape index (κ3) is 2.62. The number of hydrogen-bond acceptors (Lipinski definition) is 2. The van der Waals surface area contributed by atoms with Crippen molar-refractivity contribution in [3.63, 3.8) is 0 Å². The van der Waals surface area contributed by atoms with Crippen molar-refractivity contribution in [2.75, 3.05) is 17.2 Å². The van der Waals surface area contributed by atoms with Crippen LogP contribution in [0.15, 0.2) is 34.8 Å². The molecule has 0 unspecified atom stereocenters. The lowest BCUT2D eigenvalue weighted by molar-refractivity contribution is 0.542. The number of halogens is 3. The summed E-state index contributed by atoms with van der Waals surface area (Å²) in [6.45, 7) is 0.968. The summed E-state index contributed by atoms with van der Waals surface area (Å²) in [6, 6.07) is 8.37. The van der Waals surface area contributed by atoms with Gasteiger partial charge >= 0.3 is 0 Å². The van der Waals surface area contributed by atoms with E-state index in [0.717, 1.165) is 36.3 Å². The SMILES string of the molecule is Nc1cccc2c1CCCN2Cc1c(F)ccc(Br)c1F. The van der Waals surface area contributed by atoms with Crippen molar-refractivity contribution in [1.82, 2.24) is 0 Å². The molecular weight excluding hydrogens is 338 g/mol. The molecule has 0 saturated carbocycles. The molecule has 21 heavy (non-hydrogen) atoms. The van der Waals surface area contributed by atoms with Crippen LogP contribution < -0.4 is 10.6 Å². The molecule has 2 aromatic rings. The molecule has 0 aliphatic carbocycles. The molecule has 1 aliphatic rings. The van der Waals surface area contributed by atoms with Gasteiger partial charge in [0, 0.05) is 30.0 Å². The van der Waals surface area contributed by atoms with E-state index < -0.39 is 11.6 Å². The molecule has 0 atom stereocenters. The van der Waals surface area contributed by atoms with Gasteiger partial charge in [0.1, 0.15) is 11.6 Å². The van der Waals surface area contributed by atoms with E-state index in [4.69, 9.17) is 5.73 Å². The van der Waals surface area contributed by atoms with Gasteiger partial charge in [0.2, 0.25) is 0 Å². The summed E-state index contributed by atoms with van der Waals surface area (Å²) in [5.41, 5.74) is 8.87. The van der Waals surface area contributed by atoms with Crippen LogP contribution in [0, 0.1) is 11.6 Å². The van der Waals surface area contributed by atoms with Crippen LogP contribution >= 0.6 is 15.9 Å². The molecule has 0 fully saturated rings. The van der Waals surface area contributed by atoms with E-state index in [9.17, 15) is 8.78 Å². The number of nitrogen functional groups attached to an aromatic ring is 1. The van der Waals surface area contributed by atoms with Gasteiger partial charge in [-0.05, 0) is 58.6 Å². The van der Waals surface area contributed by atoms with Crippen LogP contribution in [0.2, 0.25) is 0 Å². The minimum absolute atomic E-state index is 0.0830. The van der Waals surface area contributed by atoms with Crippen LogP contribution in [0.1, 0.15) is 17.5 Å². The molecule has 0 aromatic heterocycles. The van der Waals surface area contributed by atoms with Crippen LogP contribution in [-0.2, 0) is 13.0 Å². The molecular formula is C16H15BrF2N2. The maximum absolute atomic E-state index is 14.1.